The van der Waals surface area contributed by atoms with Crippen molar-refractivity contribution < 1.29 is 24.6 Å². The normalized spacial score (nSPS) is 16.2. The topological polar surface area (TPSA) is 107 Å². The first kappa shape index (κ1) is 20.6. The van der Waals surface area contributed by atoms with Gasteiger partial charge in [-0.3, -0.25) is 14.5 Å². The van der Waals surface area contributed by atoms with Crippen molar-refractivity contribution in [3.05, 3.63) is 64.6 Å². The number of aromatic carboxylic acids is 1. The number of hydrogen-bond acceptors (Lipinski definition) is 6. The second-order valence-corrected chi connectivity index (χ2v) is 7.84. The molecule has 148 valence electrons. The van der Waals surface area contributed by atoms with Crippen molar-refractivity contribution in [3.63, 3.8) is 0 Å². The van der Waals surface area contributed by atoms with Crippen LogP contribution in [0.1, 0.15) is 22.8 Å². The van der Waals surface area contributed by atoms with Crippen LogP contribution in [0.2, 0.25) is 0 Å². The zero-order chi connectivity index (χ0) is 21.1. The summed E-state index contributed by atoms with van der Waals surface area (Å²) in [7, 11) is 0. The summed E-state index contributed by atoms with van der Waals surface area (Å²) in [5.74, 6) is -2.64. The highest BCUT2D eigenvalue weighted by molar-refractivity contribution is 8.26. The van der Waals surface area contributed by atoms with E-state index in [4.69, 9.17) is 17.3 Å². The van der Waals surface area contributed by atoms with Crippen LogP contribution in [0, 0.1) is 0 Å². The van der Waals surface area contributed by atoms with E-state index < -0.39 is 23.7 Å². The monoisotopic (exact) mass is 428 g/mol. The third-order valence-electron chi connectivity index (χ3n) is 4.18. The molecule has 0 aliphatic carbocycles. The summed E-state index contributed by atoms with van der Waals surface area (Å²) in [6.07, 6.45) is 1.71. The number of hydrogen-bond donors (Lipinski definition) is 3. The van der Waals surface area contributed by atoms with Gasteiger partial charge in [0.25, 0.3) is 5.91 Å². The Balaban J connectivity index is 1.77. The Morgan fingerprint density at radius 3 is 2.55 bits per heavy atom. The molecule has 2 aromatic carbocycles. The molecule has 7 nitrogen and oxygen atoms in total. The number of nitrogens with one attached hydrogen (secondary N) is 1. The minimum absolute atomic E-state index is 0.183. The van der Waals surface area contributed by atoms with Crippen LogP contribution >= 0.6 is 24.0 Å². The van der Waals surface area contributed by atoms with Crippen LogP contribution in [0.5, 0.6) is 5.75 Å². The molecule has 29 heavy (non-hydrogen) atoms. The van der Waals surface area contributed by atoms with Crippen LogP contribution in [-0.2, 0) is 9.59 Å². The van der Waals surface area contributed by atoms with Gasteiger partial charge in [0.15, 0.2) is 0 Å². The minimum Gasteiger partial charge on any atom is -0.507 e. The molecule has 1 heterocycles. The van der Waals surface area contributed by atoms with Gasteiger partial charge in [-0.15, -0.1) is 0 Å². The molecule has 2 amide bonds. The molecular weight excluding hydrogens is 412 g/mol. The molecule has 1 atom stereocenters. The number of carboxylic acid groups (broad SMARTS) is 1. The maximum absolute atomic E-state index is 12.8. The maximum Gasteiger partial charge on any atom is 0.339 e. The molecule has 0 saturated carbocycles. The van der Waals surface area contributed by atoms with Gasteiger partial charge < -0.3 is 15.5 Å². The lowest BCUT2D eigenvalue weighted by Gasteiger charge is -2.22. The summed E-state index contributed by atoms with van der Waals surface area (Å²) < 4.78 is 0.261. The first-order valence-corrected chi connectivity index (χ1v) is 9.69. The van der Waals surface area contributed by atoms with Crippen LogP contribution in [0.25, 0.3) is 6.08 Å². The Bertz CT molecular complexity index is 1040. The van der Waals surface area contributed by atoms with Gasteiger partial charge in [0.2, 0.25) is 5.91 Å². The van der Waals surface area contributed by atoms with Crippen LogP contribution in [0.15, 0.2) is 53.4 Å². The van der Waals surface area contributed by atoms with Crippen molar-refractivity contribution in [2.75, 3.05) is 5.32 Å². The van der Waals surface area contributed by atoms with E-state index in [1.165, 1.54) is 24.0 Å². The Kier molecular flexibility index (Phi) is 6.00. The molecule has 9 heteroatoms. The quantitative estimate of drug-likeness (QED) is 0.381. The first-order valence-electron chi connectivity index (χ1n) is 8.47. The first-order chi connectivity index (χ1) is 13.8. The lowest BCUT2D eigenvalue weighted by Crippen LogP contribution is -2.44. The predicted molar refractivity (Wildman–Crippen MR) is 115 cm³/mol. The molecule has 0 radical (unpaired) electrons. The molecule has 3 N–H and O–H groups in total. The highest BCUT2D eigenvalue weighted by Crippen LogP contribution is 2.34. The number of phenols is 1. The summed E-state index contributed by atoms with van der Waals surface area (Å²) in [6.45, 7) is 1.53. The van der Waals surface area contributed by atoms with Crippen LogP contribution in [-0.4, -0.2) is 43.3 Å². The van der Waals surface area contributed by atoms with Gasteiger partial charge in [0.1, 0.15) is 21.7 Å². The van der Waals surface area contributed by atoms with E-state index >= 15 is 0 Å². The number of thioether (sulfide) groups is 1. The number of carboxylic acids is 1. The zero-order valence-corrected chi connectivity index (χ0v) is 16.8. The smallest absolute Gasteiger partial charge is 0.339 e. The maximum atomic E-state index is 12.8. The summed E-state index contributed by atoms with van der Waals surface area (Å²) in [6, 6.07) is 12.1. The van der Waals surface area contributed by atoms with Gasteiger partial charge in [-0.25, -0.2) is 4.79 Å². The predicted octanol–water partition coefficient (Wildman–Crippen LogP) is 3.32. The van der Waals surface area contributed by atoms with Crippen molar-refractivity contribution >= 4 is 57.8 Å². The van der Waals surface area contributed by atoms with Crippen molar-refractivity contribution in [1.82, 2.24) is 4.90 Å². The fourth-order valence-electron chi connectivity index (χ4n) is 2.66. The molecule has 0 bridgehead atoms. The van der Waals surface area contributed by atoms with Crippen LogP contribution < -0.4 is 5.32 Å². The lowest BCUT2D eigenvalue weighted by molar-refractivity contribution is -0.129. The Labute approximate surface area is 176 Å². The number of rotatable bonds is 5. The molecule has 3 rings (SSSR count). The average Bonchev–Trinajstić information content (AvgIpc) is 2.96. The molecule has 0 spiro atoms. The summed E-state index contributed by atoms with van der Waals surface area (Å²) in [5.41, 5.74) is 0.685. The van der Waals surface area contributed by atoms with Crippen molar-refractivity contribution in [2.24, 2.45) is 0 Å². The highest BCUT2D eigenvalue weighted by Gasteiger charge is 2.38. The Morgan fingerprint density at radius 1 is 1.21 bits per heavy atom. The fraction of sp³-hybridized carbons (Fsp3) is 0.100. The molecular formula is C20H16N2O5S2. The van der Waals surface area contributed by atoms with E-state index in [0.29, 0.717) is 4.91 Å². The molecule has 1 fully saturated rings. The number of benzene rings is 2. The number of aromatic hydroxyl groups is 1. The van der Waals surface area contributed by atoms with Gasteiger partial charge >= 0.3 is 5.97 Å². The lowest BCUT2D eigenvalue weighted by atomic mass is 10.1. The summed E-state index contributed by atoms with van der Waals surface area (Å²) in [5, 5.41) is 21.2. The molecule has 1 aliphatic heterocycles. The zero-order valence-electron chi connectivity index (χ0n) is 15.2. The molecule has 1 aliphatic rings. The molecule has 1 saturated heterocycles. The standard InChI is InChI=1S/C20H16N2O5S2/c1-11(17(24)21-13-7-8-15(23)14(10-13)19(26)27)22-18(25)16(29-20(22)28)9-12-5-3-2-4-6-12/h2-11,23H,1H3,(H,21,24)(H,26,27). The molecule has 1 unspecified atom stereocenters. The Hall–Kier alpha value is -3.17. The Morgan fingerprint density at radius 2 is 1.90 bits per heavy atom. The van der Waals surface area contributed by atoms with Gasteiger partial charge in [-0.1, -0.05) is 54.3 Å². The number of amides is 2. The van der Waals surface area contributed by atoms with Crippen LogP contribution in [0.3, 0.4) is 0 Å². The van der Waals surface area contributed by atoms with Crippen molar-refractivity contribution in [1.29, 1.82) is 0 Å². The van der Waals surface area contributed by atoms with E-state index in [1.807, 2.05) is 30.3 Å². The highest BCUT2D eigenvalue weighted by atomic mass is 32.2. The van der Waals surface area contributed by atoms with Crippen molar-refractivity contribution in [3.8, 4) is 5.75 Å². The van der Waals surface area contributed by atoms with E-state index in [1.54, 1.807) is 6.08 Å². The second kappa shape index (κ2) is 8.46. The van der Waals surface area contributed by atoms with E-state index in [-0.39, 0.29) is 21.5 Å². The third kappa shape index (κ3) is 4.47. The second-order valence-electron chi connectivity index (χ2n) is 6.16. The minimum atomic E-state index is -1.32. The largest absolute Gasteiger partial charge is 0.507 e. The van der Waals surface area contributed by atoms with Gasteiger partial charge in [0.05, 0.1) is 4.91 Å². The number of anilines is 1. The fourth-order valence-corrected chi connectivity index (χ4v) is 4.08. The number of carbonyl (C=O) groups excluding carboxylic acids is 2. The number of nitrogens with zero attached hydrogens (tertiary/aromatic N) is 1. The van der Waals surface area contributed by atoms with Gasteiger partial charge in [0, 0.05) is 5.69 Å². The molecule has 2 aromatic rings. The third-order valence-corrected chi connectivity index (χ3v) is 5.51. The number of thiocarbonyl (C=S) groups is 1. The van der Waals surface area contributed by atoms with E-state index in [2.05, 4.69) is 5.32 Å². The van der Waals surface area contributed by atoms with Crippen LogP contribution in [0.4, 0.5) is 5.69 Å². The SMILES string of the molecule is CC(C(=O)Nc1ccc(O)c(C(=O)O)c1)N1C(=O)C(=Cc2ccccc2)SC1=S. The average molecular weight is 428 g/mol. The van der Waals surface area contributed by atoms with Gasteiger partial charge in [-0.05, 0) is 36.8 Å². The summed E-state index contributed by atoms with van der Waals surface area (Å²) in [4.78, 5) is 38.1. The molecule has 0 aromatic heterocycles. The van der Waals surface area contributed by atoms with E-state index in [9.17, 15) is 19.5 Å². The summed E-state index contributed by atoms with van der Waals surface area (Å²) >= 11 is 6.39. The van der Waals surface area contributed by atoms with Gasteiger partial charge in [-0.2, -0.15) is 0 Å². The van der Waals surface area contributed by atoms with E-state index in [0.717, 1.165) is 23.4 Å². The number of carbonyl (C=O) groups is 3. The van der Waals surface area contributed by atoms with Crippen molar-refractivity contribution in [2.45, 2.75) is 13.0 Å².